The second kappa shape index (κ2) is 8.83. The van der Waals surface area contributed by atoms with Gasteiger partial charge in [-0.1, -0.05) is 48.0 Å². The van der Waals surface area contributed by atoms with Gasteiger partial charge in [-0.15, -0.1) is 0 Å². The molecule has 0 bridgehead atoms. The number of nitrogens with zero attached hydrogens (tertiary/aromatic N) is 3. The highest BCUT2D eigenvalue weighted by molar-refractivity contribution is 6.30. The Morgan fingerprint density at radius 1 is 0.939 bits per heavy atom. The van der Waals surface area contributed by atoms with Crippen molar-refractivity contribution in [1.82, 2.24) is 9.88 Å². The molecule has 4 nitrogen and oxygen atoms in total. The fourth-order valence-corrected chi connectivity index (χ4v) is 4.61. The Labute approximate surface area is 197 Å². The van der Waals surface area contributed by atoms with E-state index < -0.39 is 0 Å². The van der Waals surface area contributed by atoms with Crippen molar-refractivity contribution >= 4 is 34.1 Å². The van der Waals surface area contributed by atoms with Crippen LogP contribution in [0.4, 0.5) is 10.1 Å². The lowest BCUT2D eigenvalue weighted by Gasteiger charge is -2.36. The summed E-state index contributed by atoms with van der Waals surface area (Å²) in [6, 6.07) is 21.8. The number of rotatable bonds is 3. The largest absolute Gasteiger partial charge is 0.368 e. The van der Waals surface area contributed by atoms with E-state index in [9.17, 15) is 9.18 Å². The summed E-state index contributed by atoms with van der Waals surface area (Å²) in [5.41, 5.74) is 5.01. The van der Waals surface area contributed by atoms with Gasteiger partial charge in [0.1, 0.15) is 5.82 Å². The number of aryl methyl sites for hydroxylation is 1. The molecule has 1 saturated heterocycles. The zero-order valence-corrected chi connectivity index (χ0v) is 19.0. The molecular formula is C27H23ClFN3O. The second-order valence-corrected chi connectivity index (χ2v) is 8.72. The number of hydrogen-bond acceptors (Lipinski definition) is 3. The maximum absolute atomic E-state index is 13.6. The predicted molar refractivity (Wildman–Crippen MR) is 131 cm³/mol. The van der Waals surface area contributed by atoms with Gasteiger partial charge in [-0.25, -0.2) is 4.39 Å². The Bertz CT molecular complexity index is 1330. The van der Waals surface area contributed by atoms with Crippen molar-refractivity contribution in [3.05, 3.63) is 94.9 Å². The average Bonchev–Trinajstić information content (AvgIpc) is 2.83. The summed E-state index contributed by atoms with van der Waals surface area (Å²) >= 11 is 6.14. The molecule has 166 valence electrons. The molecule has 5 rings (SSSR count). The molecule has 1 amide bonds. The van der Waals surface area contributed by atoms with Crippen LogP contribution in [-0.2, 0) is 0 Å². The van der Waals surface area contributed by atoms with Crippen LogP contribution in [0.5, 0.6) is 0 Å². The summed E-state index contributed by atoms with van der Waals surface area (Å²) < 4.78 is 13.4. The number of pyridine rings is 1. The van der Waals surface area contributed by atoms with Gasteiger partial charge in [0.05, 0.1) is 11.1 Å². The molecule has 33 heavy (non-hydrogen) atoms. The number of carbonyl (C=O) groups excluding carboxylic acids is 1. The van der Waals surface area contributed by atoms with E-state index in [-0.39, 0.29) is 11.7 Å². The van der Waals surface area contributed by atoms with E-state index >= 15 is 0 Å². The number of anilines is 1. The zero-order chi connectivity index (χ0) is 22.9. The van der Waals surface area contributed by atoms with Crippen molar-refractivity contribution in [2.45, 2.75) is 6.92 Å². The third kappa shape index (κ3) is 4.29. The van der Waals surface area contributed by atoms with Crippen molar-refractivity contribution in [1.29, 1.82) is 0 Å². The van der Waals surface area contributed by atoms with Gasteiger partial charge in [0, 0.05) is 53.5 Å². The lowest BCUT2D eigenvalue weighted by Crippen LogP contribution is -2.48. The number of carbonyl (C=O) groups is 1. The minimum atomic E-state index is -0.282. The van der Waals surface area contributed by atoms with E-state index in [0.29, 0.717) is 23.7 Å². The molecule has 0 radical (unpaired) electrons. The van der Waals surface area contributed by atoms with Crippen LogP contribution in [-0.4, -0.2) is 42.0 Å². The minimum Gasteiger partial charge on any atom is -0.368 e. The van der Waals surface area contributed by atoms with Crippen LogP contribution in [0.2, 0.25) is 5.02 Å². The summed E-state index contributed by atoms with van der Waals surface area (Å²) in [7, 11) is 0. The first-order chi connectivity index (χ1) is 16.0. The maximum Gasteiger partial charge on any atom is 0.254 e. The van der Waals surface area contributed by atoms with Gasteiger partial charge in [0.25, 0.3) is 5.91 Å². The standard InChI is InChI=1S/C27H23ClFN3O/c1-18-16-25(24-7-3-6-23(26(24)30-18)19-8-10-21(29)11-9-19)27(33)32-14-12-31(13-15-32)22-5-2-4-20(28)17-22/h2-11,16-17H,12-15H2,1H3. The first-order valence-corrected chi connectivity index (χ1v) is 11.3. The topological polar surface area (TPSA) is 36.4 Å². The molecule has 1 aliphatic rings. The van der Waals surface area contributed by atoms with Crippen LogP contribution >= 0.6 is 11.6 Å². The number of piperazine rings is 1. The van der Waals surface area contributed by atoms with Crippen molar-refractivity contribution in [3.63, 3.8) is 0 Å². The Balaban J connectivity index is 1.44. The number of para-hydroxylation sites is 1. The monoisotopic (exact) mass is 459 g/mol. The summed E-state index contributed by atoms with van der Waals surface area (Å²) in [6.07, 6.45) is 0. The van der Waals surface area contributed by atoms with Crippen LogP contribution < -0.4 is 4.90 Å². The number of fused-ring (bicyclic) bond motifs is 1. The molecule has 0 atom stereocenters. The van der Waals surface area contributed by atoms with E-state index in [0.717, 1.165) is 46.5 Å². The molecule has 6 heteroatoms. The van der Waals surface area contributed by atoms with Gasteiger partial charge in [0.15, 0.2) is 0 Å². The number of amides is 1. The molecule has 3 aromatic carbocycles. The number of aromatic nitrogens is 1. The fraction of sp³-hybridized carbons (Fsp3) is 0.185. The third-order valence-corrected chi connectivity index (χ3v) is 6.33. The smallest absolute Gasteiger partial charge is 0.254 e. The molecule has 2 heterocycles. The van der Waals surface area contributed by atoms with Gasteiger partial charge in [-0.05, 0) is 48.9 Å². The first kappa shape index (κ1) is 21.4. The van der Waals surface area contributed by atoms with Crippen LogP contribution in [0.3, 0.4) is 0 Å². The molecule has 0 unspecified atom stereocenters. The van der Waals surface area contributed by atoms with E-state index in [1.807, 2.05) is 60.4 Å². The lowest BCUT2D eigenvalue weighted by atomic mass is 9.98. The lowest BCUT2D eigenvalue weighted by molar-refractivity contribution is 0.0748. The SMILES string of the molecule is Cc1cc(C(=O)N2CCN(c3cccc(Cl)c3)CC2)c2cccc(-c3ccc(F)cc3)c2n1. The first-order valence-electron chi connectivity index (χ1n) is 11.0. The summed E-state index contributed by atoms with van der Waals surface area (Å²) in [5.74, 6) is -0.275. The molecule has 1 aromatic heterocycles. The Morgan fingerprint density at radius 3 is 2.39 bits per heavy atom. The highest BCUT2D eigenvalue weighted by Gasteiger charge is 2.24. The number of hydrogen-bond donors (Lipinski definition) is 0. The van der Waals surface area contributed by atoms with E-state index in [2.05, 4.69) is 4.90 Å². The molecule has 0 aliphatic carbocycles. The maximum atomic E-state index is 13.6. The molecule has 4 aromatic rings. The highest BCUT2D eigenvalue weighted by atomic mass is 35.5. The van der Waals surface area contributed by atoms with Crippen LogP contribution in [0, 0.1) is 12.7 Å². The summed E-state index contributed by atoms with van der Waals surface area (Å²) in [5, 5.41) is 1.52. The number of benzene rings is 3. The van der Waals surface area contributed by atoms with Crippen LogP contribution in [0.25, 0.3) is 22.0 Å². The molecule has 1 aliphatic heterocycles. The zero-order valence-electron chi connectivity index (χ0n) is 18.3. The predicted octanol–water partition coefficient (Wildman–Crippen LogP) is 5.97. The van der Waals surface area contributed by atoms with E-state index in [1.165, 1.54) is 12.1 Å². The van der Waals surface area contributed by atoms with Gasteiger partial charge in [-0.3, -0.25) is 9.78 Å². The average molecular weight is 460 g/mol. The van der Waals surface area contributed by atoms with Crippen molar-refractivity contribution in [2.75, 3.05) is 31.1 Å². The van der Waals surface area contributed by atoms with Crippen LogP contribution in [0.15, 0.2) is 72.8 Å². The molecule has 0 spiro atoms. The third-order valence-electron chi connectivity index (χ3n) is 6.09. The van der Waals surface area contributed by atoms with Crippen LogP contribution in [0.1, 0.15) is 16.1 Å². The van der Waals surface area contributed by atoms with E-state index in [1.54, 1.807) is 12.1 Å². The van der Waals surface area contributed by atoms with Gasteiger partial charge in [0.2, 0.25) is 0 Å². The van der Waals surface area contributed by atoms with Crippen molar-refractivity contribution in [3.8, 4) is 11.1 Å². The van der Waals surface area contributed by atoms with Gasteiger partial charge < -0.3 is 9.80 Å². The normalized spacial score (nSPS) is 14.0. The molecular weight excluding hydrogens is 437 g/mol. The summed E-state index contributed by atoms with van der Waals surface area (Å²) in [6.45, 7) is 4.65. The minimum absolute atomic E-state index is 0.00694. The fourth-order valence-electron chi connectivity index (χ4n) is 4.43. The Hall–Kier alpha value is -3.44. The van der Waals surface area contributed by atoms with Crippen molar-refractivity contribution < 1.29 is 9.18 Å². The quantitative estimate of drug-likeness (QED) is 0.379. The van der Waals surface area contributed by atoms with Crippen molar-refractivity contribution in [2.24, 2.45) is 0 Å². The Kier molecular flexibility index (Phi) is 5.73. The molecule has 1 fully saturated rings. The van der Waals surface area contributed by atoms with E-state index in [4.69, 9.17) is 16.6 Å². The second-order valence-electron chi connectivity index (χ2n) is 8.28. The summed E-state index contributed by atoms with van der Waals surface area (Å²) in [4.78, 5) is 22.5. The van der Waals surface area contributed by atoms with Gasteiger partial charge in [-0.2, -0.15) is 0 Å². The number of halogens is 2. The highest BCUT2D eigenvalue weighted by Crippen LogP contribution is 2.31. The molecule has 0 saturated carbocycles. The van der Waals surface area contributed by atoms with Gasteiger partial charge >= 0.3 is 0 Å². The Morgan fingerprint density at radius 2 is 1.67 bits per heavy atom. The molecule has 0 N–H and O–H groups in total.